The summed E-state index contributed by atoms with van der Waals surface area (Å²) in [5, 5.41) is 20.9. The number of nitrogens with one attached hydrogen (secondary N) is 1. The smallest absolute Gasteiger partial charge is 0.266 e. The molecule has 7 heteroatoms. The average molecular weight is 487 g/mol. The molecule has 0 unspecified atom stereocenters. The van der Waals surface area contributed by atoms with Crippen molar-refractivity contribution in [1.82, 2.24) is 0 Å². The Morgan fingerprint density at radius 2 is 1.93 bits per heavy atom. The molecule has 0 bridgehead atoms. The fraction of sp³-hybridized carbons (Fsp3) is 0.190. The zero-order valence-electron chi connectivity index (χ0n) is 15.5. The third-order valence-electron chi connectivity index (χ3n) is 3.60. The van der Waals surface area contributed by atoms with E-state index in [9.17, 15) is 10.1 Å². The molecule has 28 heavy (non-hydrogen) atoms. The normalized spacial score (nSPS) is 10.5. The molecule has 0 saturated heterocycles. The highest BCUT2D eigenvalue weighted by atomic mass is 127. The molecule has 2 aromatic carbocycles. The molecule has 0 fully saturated rings. The maximum absolute atomic E-state index is 12.4. The SMILES string of the molecule is CCOc1cc(/C=C(\C#N)C(=O)Nc2ccc(C)cc2)cc(I)c1OCC#N. The minimum absolute atomic E-state index is 0.0375. The zero-order valence-corrected chi connectivity index (χ0v) is 17.6. The third kappa shape index (κ3) is 5.73. The highest BCUT2D eigenvalue weighted by Gasteiger charge is 2.14. The highest BCUT2D eigenvalue weighted by Crippen LogP contribution is 2.35. The van der Waals surface area contributed by atoms with Gasteiger partial charge < -0.3 is 14.8 Å². The van der Waals surface area contributed by atoms with Crippen LogP contribution < -0.4 is 14.8 Å². The molecule has 0 aromatic heterocycles. The van der Waals surface area contributed by atoms with Crippen molar-refractivity contribution in [3.05, 3.63) is 56.7 Å². The minimum Gasteiger partial charge on any atom is -0.490 e. The van der Waals surface area contributed by atoms with Gasteiger partial charge in [-0.15, -0.1) is 0 Å². The minimum atomic E-state index is -0.496. The predicted octanol–water partition coefficient (Wildman–Crippen LogP) is 4.45. The van der Waals surface area contributed by atoms with Gasteiger partial charge in [0.25, 0.3) is 5.91 Å². The monoisotopic (exact) mass is 487 g/mol. The van der Waals surface area contributed by atoms with Crippen LogP contribution in [0.5, 0.6) is 11.5 Å². The number of nitriles is 2. The van der Waals surface area contributed by atoms with E-state index in [1.54, 1.807) is 24.3 Å². The molecule has 0 saturated carbocycles. The van der Waals surface area contributed by atoms with Crippen molar-refractivity contribution in [3.63, 3.8) is 0 Å². The van der Waals surface area contributed by atoms with Crippen molar-refractivity contribution < 1.29 is 14.3 Å². The van der Waals surface area contributed by atoms with Gasteiger partial charge in [-0.05, 0) is 72.3 Å². The third-order valence-corrected chi connectivity index (χ3v) is 4.40. The number of carbonyl (C=O) groups excluding carboxylic acids is 1. The summed E-state index contributed by atoms with van der Waals surface area (Å²) in [6.07, 6.45) is 1.49. The molecule has 0 atom stereocenters. The predicted molar refractivity (Wildman–Crippen MR) is 115 cm³/mol. The van der Waals surface area contributed by atoms with E-state index in [2.05, 4.69) is 27.9 Å². The number of hydrogen-bond acceptors (Lipinski definition) is 5. The van der Waals surface area contributed by atoms with Gasteiger partial charge in [0.1, 0.15) is 17.7 Å². The number of nitrogens with zero attached hydrogens (tertiary/aromatic N) is 2. The standard InChI is InChI=1S/C21H18IN3O3/c1-3-27-19-12-15(11-18(22)20(19)28-9-8-23)10-16(13-24)21(26)25-17-6-4-14(2)5-7-17/h4-7,10-12H,3,9H2,1-2H3,(H,25,26)/b16-10+. The Hall–Kier alpha value is -3.04. The molecule has 0 radical (unpaired) electrons. The fourth-order valence-electron chi connectivity index (χ4n) is 2.33. The Balaban J connectivity index is 2.32. The van der Waals surface area contributed by atoms with Crippen LogP contribution in [0.4, 0.5) is 5.69 Å². The quantitative estimate of drug-likeness (QED) is 0.354. The summed E-state index contributed by atoms with van der Waals surface area (Å²) in [5.74, 6) is 0.417. The molecule has 0 heterocycles. The van der Waals surface area contributed by atoms with Crippen LogP contribution in [-0.4, -0.2) is 19.1 Å². The number of rotatable bonds is 7. The second kappa shape index (κ2) is 10.3. The lowest BCUT2D eigenvalue weighted by Crippen LogP contribution is -2.13. The Morgan fingerprint density at radius 3 is 2.54 bits per heavy atom. The van der Waals surface area contributed by atoms with Crippen LogP contribution in [0.15, 0.2) is 42.0 Å². The first-order chi connectivity index (χ1) is 13.5. The van der Waals surface area contributed by atoms with E-state index < -0.39 is 5.91 Å². The molecule has 2 aromatic rings. The van der Waals surface area contributed by atoms with Gasteiger partial charge in [0.2, 0.25) is 0 Å². The first-order valence-electron chi connectivity index (χ1n) is 8.44. The van der Waals surface area contributed by atoms with Gasteiger partial charge in [0.05, 0.1) is 10.2 Å². The molecule has 1 amide bonds. The maximum Gasteiger partial charge on any atom is 0.266 e. The Labute approximate surface area is 177 Å². The molecular weight excluding hydrogens is 469 g/mol. The second-order valence-corrected chi connectivity index (χ2v) is 6.86. The topological polar surface area (TPSA) is 95.1 Å². The number of hydrogen-bond donors (Lipinski definition) is 1. The van der Waals surface area contributed by atoms with Gasteiger partial charge in [0.15, 0.2) is 18.1 Å². The van der Waals surface area contributed by atoms with E-state index >= 15 is 0 Å². The van der Waals surface area contributed by atoms with Crippen molar-refractivity contribution in [3.8, 4) is 23.6 Å². The van der Waals surface area contributed by atoms with Crippen molar-refractivity contribution in [2.24, 2.45) is 0 Å². The average Bonchev–Trinajstić information content (AvgIpc) is 2.67. The number of halogens is 1. The Morgan fingerprint density at radius 1 is 1.21 bits per heavy atom. The van der Waals surface area contributed by atoms with Crippen LogP contribution in [0.25, 0.3) is 6.08 Å². The van der Waals surface area contributed by atoms with Crippen LogP contribution in [0.3, 0.4) is 0 Å². The number of aryl methyl sites for hydroxylation is 1. The van der Waals surface area contributed by atoms with Gasteiger partial charge in [-0.2, -0.15) is 10.5 Å². The second-order valence-electron chi connectivity index (χ2n) is 5.70. The van der Waals surface area contributed by atoms with E-state index in [1.807, 2.05) is 38.1 Å². The number of amides is 1. The van der Waals surface area contributed by atoms with E-state index in [1.165, 1.54) is 6.08 Å². The first-order valence-corrected chi connectivity index (χ1v) is 9.52. The van der Waals surface area contributed by atoms with Crippen LogP contribution in [0.2, 0.25) is 0 Å². The number of anilines is 1. The summed E-state index contributed by atoms with van der Waals surface area (Å²) in [6, 6.07) is 14.6. The molecule has 1 N–H and O–H groups in total. The van der Waals surface area contributed by atoms with Crippen LogP contribution in [-0.2, 0) is 4.79 Å². The van der Waals surface area contributed by atoms with Crippen LogP contribution >= 0.6 is 22.6 Å². The summed E-state index contributed by atoms with van der Waals surface area (Å²) in [4.78, 5) is 12.4. The maximum atomic E-state index is 12.4. The van der Waals surface area contributed by atoms with Gasteiger partial charge in [0, 0.05) is 5.69 Å². The molecule has 0 aliphatic heterocycles. The molecule has 2 rings (SSSR count). The van der Waals surface area contributed by atoms with Gasteiger partial charge >= 0.3 is 0 Å². The van der Waals surface area contributed by atoms with E-state index in [0.29, 0.717) is 32.9 Å². The summed E-state index contributed by atoms with van der Waals surface area (Å²) < 4.78 is 11.7. The van der Waals surface area contributed by atoms with E-state index in [-0.39, 0.29) is 12.2 Å². The van der Waals surface area contributed by atoms with Crippen molar-refractivity contribution in [2.75, 3.05) is 18.5 Å². The first kappa shape index (κ1) is 21.3. The molecule has 142 valence electrons. The molecule has 0 aliphatic rings. The summed E-state index contributed by atoms with van der Waals surface area (Å²) in [5.41, 5.74) is 2.27. The molecule has 0 aliphatic carbocycles. The molecular formula is C21H18IN3O3. The fourth-order valence-corrected chi connectivity index (χ4v) is 3.11. The van der Waals surface area contributed by atoms with E-state index in [0.717, 1.165) is 5.56 Å². The number of ether oxygens (including phenoxy) is 2. The Bertz CT molecular complexity index is 970. The van der Waals surface area contributed by atoms with Crippen molar-refractivity contribution in [2.45, 2.75) is 13.8 Å². The van der Waals surface area contributed by atoms with Gasteiger partial charge in [-0.1, -0.05) is 17.7 Å². The van der Waals surface area contributed by atoms with Crippen LogP contribution in [0, 0.1) is 33.2 Å². The zero-order chi connectivity index (χ0) is 20.5. The highest BCUT2D eigenvalue weighted by molar-refractivity contribution is 14.1. The molecule has 6 nitrogen and oxygen atoms in total. The Kier molecular flexibility index (Phi) is 7.85. The molecule has 0 spiro atoms. The van der Waals surface area contributed by atoms with Crippen molar-refractivity contribution >= 4 is 40.3 Å². The largest absolute Gasteiger partial charge is 0.490 e. The number of benzene rings is 2. The van der Waals surface area contributed by atoms with Crippen LogP contribution in [0.1, 0.15) is 18.1 Å². The lowest BCUT2D eigenvalue weighted by Gasteiger charge is -2.13. The summed E-state index contributed by atoms with van der Waals surface area (Å²) in [6.45, 7) is 4.09. The number of carbonyl (C=O) groups is 1. The summed E-state index contributed by atoms with van der Waals surface area (Å²) in [7, 11) is 0. The lowest BCUT2D eigenvalue weighted by molar-refractivity contribution is -0.112. The summed E-state index contributed by atoms with van der Waals surface area (Å²) >= 11 is 2.06. The van der Waals surface area contributed by atoms with Gasteiger partial charge in [-0.3, -0.25) is 4.79 Å². The van der Waals surface area contributed by atoms with Gasteiger partial charge in [-0.25, -0.2) is 0 Å². The van der Waals surface area contributed by atoms with Crippen molar-refractivity contribution in [1.29, 1.82) is 10.5 Å². The van der Waals surface area contributed by atoms with E-state index in [4.69, 9.17) is 14.7 Å². The lowest BCUT2D eigenvalue weighted by atomic mass is 10.1.